The molecule has 0 saturated heterocycles. The van der Waals surface area contributed by atoms with Gasteiger partial charge in [0.1, 0.15) is 5.75 Å². The van der Waals surface area contributed by atoms with Crippen molar-refractivity contribution in [1.82, 2.24) is 0 Å². The number of rotatable bonds is 3. The van der Waals surface area contributed by atoms with E-state index in [2.05, 4.69) is 21.2 Å². The minimum absolute atomic E-state index is 0.247. The van der Waals surface area contributed by atoms with Gasteiger partial charge in [-0.2, -0.15) is 0 Å². The average Bonchev–Trinajstić information content (AvgIpc) is 2.41. The van der Waals surface area contributed by atoms with Crippen LogP contribution in [0.25, 0.3) is 0 Å². The van der Waals surface area contributed by atoms with Crippen molar-refractivity contribution < 1.29 is 9.53 Å². The molecule has 3 N–H and O–H groups in total. The molecule has 4 nitrogen and oxygen atoms in total. The molecule has 0 aliphatic carbocycles. The number of carbonyl (C=O) groups excluding carboxylic acids is 1. The van der Waals surface area contributed by atoms with E-state index in [1.54, 1.807) is 18.2 Å². The number of carbonyl (C=O) groups is 1. The van der Waals surface area contributed by atoms with E-state index in [0.29, 0.717) is 22.7 Å². The number of nitrogens with two attached hydrogens (primary N) is 1. The minimum Gasteiger partial charge on any atom is -0.496 e. The summed E-state index contributed by atoms with van der Waals surface area (Å²) in [7, 11) is 1.50. The maximum atomic E-state index is 12.2. The number of ether oxygens (including phenoxy) is 1. The van der Waals surface area contributed by atoms with Gasteiger partial charge in [-0.05, 0) is 40.2 Å². The first-order chi connectivity index (χ1) is 9.11. The molecular weight excluding hydrogens is 308 g/mol. The third-order valence-electron chi connectivity index (χ3n) is 2.59. The zero-order valence-corrected chi connectivity index (χ0v) is 11.9. The zero-order chi connectivity index (χ0) is 13.8. The maximum Gasteiger partial charge on any atom is 0.259 e. The predicted molar refractivity (Wildman–Crippen MR) is 79.5 cm³/mol. The number of hydrogen-bond acceptors (Lipinski definition) is 3. The number of hydrogen-bond donors (Lipinski definition) is 2. The summed E-state index contributed by atoms with van der Waals surface area (Å²) in [5.41, 5.74) is 7.35. The van der Waals surface area contributed by atoms with Crippen molar-refractivity contribution in [2.24, 2.45) is 0 Å². The second-order valence-electron chi connectivity index (χ2n) is 3.89. The van der Waals surface area contributed by atoms with Gasteiger partial charge in [-0.3, -0.25) is 4.79 Å². The second kappa shape index (κ2) is 5.75. The van der Waals surface area contributed by atoms with E-state index >= 15 is 0 Å². The lowest BCUT2D eigenvalue weighted by Crippen LogP contribution is -2.13. The molecule has 5 heteroatoms. The van der Waals surface area contributed by atoms with Crippen LogP contribution in [0.4, 0.5) is 11.4 Å². The summed E-state index contributed by atoms with van der Waals surface area (Å²) in [4.78, 5) is 12.2. The molecule has 0 unspecified atom stereocenters. The van der Waals surface area contributed by atoms with Gasteiger partial charge in [-0.15, -0.1) is 0 Å². The van der Waals surface area contributed by atoms with Crippen LogP contribution in [0.5, 0.6) is 5.75 Å². The fourth-order valence-electron chi connectivity index (χ4n) is 1.65. The molecular formula is C14H13BrN2O2. The van der Waals surface area contributed by atoms with Gasteiger partial charge in [-0.1, -0.05) is 12.1 Å². The predicted octanol–water partition coefficient (Wildman–Crippen LogP) is 3.29. The first-order valence-electron chi connectivity index (χ1n) is 5.61. The second-order valence-corrected chi connectivity index (χ2v) is 4.75. The summed E-state index contributed by atoms with van der Waals surface area (Å²) >= 11 is 3.38. The summed E-state index contributed by atoms with van der Waals surface area (Å²) in [6.45, 7) is 0. The van der Waals surface area contributed by atoms with Crippen molar-refractivity contribution in [3.05, 3.63) is 52.5 Å². The average molecular weight is 321 g/mol. The molecule has 0 atom stereocenters. The highest BCUT2D eigenvalue weighted by molar-refractivity contribution is 9.10. The quantitative estimate of drug-likeness (QED) is 0.853. The molecule has 0 spiro atoms. The molecule has 0 radical (unpaired) electrons. The smallest absolute Gasteiger partial charge is 0.259 e. The van der Waals surface area contributed by atoms with Crippen LogP contribution in [-0.4, -0.2) is 13.0 Å². The number of para-hydroxylation sites is 1. The van der Waals surface area contributed by atoms with Crippen LogP contribution >= 0.6 is 15.9 Å². The van der Waals surface area contributed by atoms with Crippen molar-refractivity contribution in [1.29, 1.82) is 0 Å². The number of amides is 1. The summed E-state index contributed by atoms with van der Waals surface area (Å²) in [6, 6.07) is 12.3. The Morgan fingerprint density at radius 3 is 2.68 bits per heavy atom. The number of anilines is 2. The Balaban J connectivity index is 2.28. The molecule has 98 valence electrons. The molecule has 0 saturated carbocycles. The van der Waals surface area contributed by atoms with Crippen LogP contribution in [0, 0.1) is 0 Å². The van der Waals surface area contributed by atoms with Crippen LogP contribution in [-0.2, 0) is 0 Å². The highest BCUT2D eigenvalue weighted by atomic mass is 79.9. The van der Waals surface area contributed by atoms with E-state index in [4.69, 9.17) is 10.5 Å². The summed E-state index contributed by atoms with van der Waals surface area (Å²) in [5, 5.41) is 2.81. The summed E-state index contributed by atoms with van der Waals surface area (Å²) in [5.74, 6) is 0.202. The lowest BCUT2D eigenvalue weighted by Gasteiger charge is -2.11. The van der Waals surface area contributed by atoms with Gasteiger partial charge in [0.2, 0.25) is 0 Å². The van der Waals surface area contributed by atoms with E-state index in [1.165, 1.54) is 7.11 Å². The molecule has 0 aliphatic heterocycles. The molecule has 0 heterocycles. The van der Waals surface area contributed by atoms with Gasteiger partial charge < -0.3 is 15.8 Å². The highest BCUT2D eigenvalue weighted by Gasteiger charge is 2.13. The molecule has 0 aromatic heterocycles. The van der Waals surface area contributed by atoms with E-state index in [1.807, 2.05) is 24.3 Å². The zero-order valence-electron chi connectivity index (χ0n) is 10.3. The Hall–Kier alpha value is -2.01. The third kappa shape index (κ3) is 3.06. The molecule has 2 aromatic rings. The lowest BCUT2D eigenvalue weighted by molar-refractivity contribution is 0.102. The molecule has 1 amide bonds. The molecule has 0 fully saturated rings. The van der Waals surface area contributed by atoms with E-state index in [9.17, 15) is 4.79 Å². The van der Waals surface area contributed by atoms with Gasteiger partial charge in [0.05, 0.1) is 18.4 Å². The van der Waals surface area contributed by atoms with Gasteiger partial charge in [0, 0.05) is 16.2 Å². The molecule has 0 aliphatic rings. The van der Waals surface area contributed by atoms with Crippen LogP contribution < -0.4 is 15.8 Å². The Morgan fingerprint density at radius 1 is 1.26 bits per heavy atom. The van der Waals surface area contributed by atoms with Crippen molar-refractivity contribution in [3.63, 3.8) is 0 Å². The van der Waals surface area contributed by atoms with Crippen LogP contribution in [0.3, 0.4) is 0 Å². The van der Waals surface area contributed by atoms with E-state index in [0.717, 1.165) is 4.47 Å². The van der Waals surface area contributed by atoms with Crippen LogP contribution in [0.2, 0.25) is 0 Å². The number of benzene rings is 2. The fourth-order valence-corrected chi connectivity index (χ4v) is 2.03. The molecule has 2 rings (SSSR count). The number of nitrogens with one attached hydrogen (secondary N) is 1. The summed E-state index contributed by atoms with van der Waals surface area (Å²) in [6.07, 6.45) is 0. The van der Waals surface area contributed by atoms with E-state index in [-0.39, 0.29) is 5.91 Å². The minimum atomic E-state index is -0.247. The standard InChI is InChI=1S/C14H13BrN2O2/c1-19-13-8-9(16)6-7-10(13)14(18)17-12-5-3-2-4-11(12)15/h2-8H,16H2,1H3,(H,17,18). The third-order valence-corrected chi connectivity index (χ3v) is 3.28. The Kier molecular flexibility index (Phi) is 4.06. The monoisotopic (exact) mass is 320 g/mol. The lowest BCUT2D eigenvalue weighted by atomic mass is 10.1. The Morgan fingerprint density at radius 2 is 2.00 bits per heavy atom. The topological polar surface area (TPSA) is 64.3 Å². The first kappa shape index (κ1) is 13.4. The number of halogens is 1. The van der Waals surface area contributed by atoms with Crippen LogP contribution in [0.15, 0.2) is 46.9 Å². The van der Waals surface area contributed by atoms with Crippen molar-refractivity contribution in [2.45, 2.75) is 0 Å². The molecule has 2 aromatic carbocycles. The first-order valence-corrected chi connectivity index (χ1v) is 6.40. The SMILES string of the molecule is COc1cc(N)ccc1C(=O)Nc1ccccc1Br. The molecule has 0 bridgehead atoms. The van der Waals surface area contributed by atoms with E-state index < -0.39 is 0 Å². The largest absolute Gasteiger partial charge is 0.496 e. The highest BCUT2D eigenvalue weighted by Crippen LogP contribution is 2.25. The van der Waals surface area contributed by atoms with Gasteiger partial charge in [0.15, 0.2) is 0 Å². The van der Waals surface area contributed by atoms with Crippen LogP contribution in [0.1, 0.15) is 10.4 Å². The normalized spacial score (nSPS) is 10.0. The van der Waals surface area contributed by atoms with Crippen molar-refractivity contribution in [3.8, 4) is 5.75 Å². The fraction of sp³-hybridized carbons (Fsp3) is 0.0714. The maximum absolute atomic E-state index is 12.2. The number of methoxy groups -OCH3 is 1. The van der Waals surface area contributed by atoms with Crippen molar-refractivity contribution >= 4 is 33.2 Å². The Labute approximate surface area is 119 Å². The van der Waals surface area contributed by atoms with Gasteiger partial charge >= 0.3 is 0 Å². The summed E-state index contributed by atoms with van der Waals surface area (Å²) < 4.78 is 5.98. The number of nitrogen functional groups attached to an aromatic ring is 1. The van der Waals surface area contributed by atoms with Gasteiger partial charge in [-0.25, -0.2) is 0 Å². The molecule has 19 heavy (non-hydrogen) atoms. The van der Waals surface area contributed by atoms with Crippen molar-refractivity contribution in [2.75, 3.05) is 18.2 Å². The Bertz CT molecular complexity index is 614. The van der Waals surface area contributed by atoms with Gasteiger partial charge in [0.25, 0.3) is 5.91 Å².